The molecule has 1 aromatic rings. The molecule has 0 heterocycles. The number of hydrogen-bond donors (Lipinski definition) is 3. The molecule has 1 aliphatic rings. The van der Waals surface area contributed by atoms with E-state index in [-0.39, 0.29) is 18.1 Å². The largest absolute Gasteiger partial charge is 0.393 e. The van der Waals surface area contributed by atoms with Crippen molar-refractivity contribution >= 4 is 39.2 Å². The molecular formula is C13H16BrClN2O2. The van der Waals surface area contributed by atoms with E-state index in [9.17, 15) is 9.90 Å². The lowest BCUT2D eigenvalue weighted by molar-refractivity contribution is 0.133. The average molecular weight is 348 g/mol. The maximum Gasteiger partial charge on any atom is 0.319 e. The fraction of sp³-hybridized carbons (Fsp3) is 0.462. The van der Waals surface area contributed by atoms with Crippen molar-refractivity contribution < 1.29 is 9.90 Å². The molecule has 6 heteroatoms. The number of benzene rings is 1. The molecule has 1 aromatic carbocycles. The van der Waals surface area contributed by atoms with Gasteiger partial charge in [0.05, 0.1) is 16.8 Å². The lowest BCUT2D eigenvalue weighted by Gasteiger charge is -2.15. The molecule has 0 saturated heterocycles. The summed E-state index contributed by atoms with van der Waals surface area (Å²) >= 11 is 9.32. The van der Waals surface area contributed by atoms with Gasteiger partial charge in [-0.05, 0) is 31.0 Å². The molecule has 104 valence electrons. The first-order chi connectivity index (χ1) is 9.06. The smallest absolute Gasteiger partial charge is 0.319 e. The molecule has 1 fully saturated rings. The second kappa shape index (κ2) is 6.59. The molecule has 0 aliphatic heterocycles. The Morgan fingerprint density at radius 3 is 2.89 bits per heavy atom. The van der Waals surface area contributed by atoms with Gasteiger partial charge < -0.3 is 15.7 Å². The first-order valence-corrected chi connectivity index (χ1v) is 7.41. The van der Waals surface area contributed by atoms with Crippen LogP contribution < -0.4 is 10.6 Å². The second-order valence-electron chi connectivity index (χ2n) is 4.72. The van der Waals surface area contributed by atoms with E-state index in [0.29, 0.717) is 17.3 Å². The lowest BCUT2D eigenvalue weighted by atomic mass is 10.1. The van der Waals surface area contributed by atoms with Crippen LogP contribution in [0.1, 0.15) is 19.3 Å². The number of carbonyl (C=O) groups excluding carboxylic acids is 1. The van der Waals surface area contributed by atoms with Gasteiger partial charge in [0.25, 0.3) is 0 Å². The third-order valence-corrected chi connectivity index (χ3v) is 4.13. The Bertz CT molecular complexity index is 470. The zero-order chi connectivity index (χ0) is 13.8. The minimum Gasteiger partial charge on any atom is -0.393 e. The van der Waals surface area contributed by atoms with Crippen molar-refractivity contribution in [2.24, 2.45) is 5.92 Å². The summed E-state index contributed by atoms with van der Waals surface area (Å²) in [4.78, 5) is 11.7. The number of nitrogens with one attached hydrogen (secondary N) is 2. The van der Waals surface area contributed by atoms with Gasteiger partial charge in [-0.1, -0.05) is 34.0 Å². The van der Waals surface area contributed by atoms with Crippen molar-refractivity contribution in [1.29, 1.82) is 0 Å². The minimum atomic E-state index is -0.302. The Labute approximate surface area is 125 Å². The fourth-order valence-electron chi connectivity index (χ4n) is 2.24. The fourth-order valence-corrected chi connectivity index (χ4v) is 2.96. The van der Waals surface area contributed by atoms with Crippen molar-refractivity contribution in [3.63, 3.8) is 0 Å². The standard InChI is InChI=1S/C13H16BrClN2O2/c14-9-4-5-11(10(15)6-9)17-13(19)16-7-8-2-1-3-12(8)18/h4-6,8,12,18H,1-3,7H2,(H2,16,17,19). The van der Waals surface area contributed by atoms with Crippen molar-refractivity contribution in [3.05, 3.63) is 27.7 Å². The summed E-state index contributed by atoms with van der Waals surface area (Å²) in [7, 11) is 0. The Morgan fingerprint density at radius 2 is 2.26 bits per heavy atom. The second-order valence-corrected chi connectivity index (χ2v) is 6.04. The van der Waals surface area contributed by atoms with Gasteiger partial charge in [-0.3, -0.25) is 0 Å². The summed E-state index contributed by atoms with van der Waals surface area (Å²) in [5.41, 5.74) is 0.564. The minimum absolute atomic E-state index is 0.158. The lowest BCUT2D eigenvalue weighted by Crippen LogP contribution is -2.35. The van der Waals surface area contributed by atoms with E-state index in [0.717, 1.165) is 23.7 Å². The molecular weight excluding hydrogens is 332 g/mol. The van der Waals surface area contributed by atoms with Crippen LogP contribution in [-0.2, 0) is 0 Å². The van der Waals surface area contributed by atoms with Gasteiger partial charge in [-0.25, -0.2) is 4.79 Å². The molecule has 4 nitrogen and oxygen atoms in total. The van der Waals surface area contributed by atoms with Crippen molar-refractivity contribution in [2.75, 3.05) is 11.9 Å². The van der Waals surface area contributed by atoms with Crippen LogP contribution >= 0.6 is 27.5 Å². The van der Waals surface area contributed by atoms with E-state index < -0.39 is 0 Å². The number of hydrogen-bond acceptors (Lipinski definition) is 2. The summed E-state index contributed by atoms with van der Waals surface area (Å²) in [5, 5.41) is 15.6. The van der Waals surface area contributed by atoms with Gasteiger partial charge in [-0.15, -0.1) is 0 Å². The molecule has 0 aromatic heterocycles. The zero-order valence-electron chi connectivity index (χ0n) is 10.3. The van der Waals surface area contributed by atoms with E-state index in [1.807, 2.05) is 6.07 Å². The number of aliphatic hydroxyl groups is 1. The van der Waals surface area contributed by atoms with Crippen LogP contribution in [0.4, 0.5) is 10.5 Å². The number of rotatable bonds is 3. The summed E-state index contributed by atoms with van der Waals surface area (Å²) < 4.78 is 0.859. The third kappa shape index (κ3) is 4.09. The molecule has 19 heavy (non-hydrogen) atoms. The van der Waals surface area contributed by atoms with Crippen molar-refractivity contribution in [3.8, 4) is 0 Å². The number of amides is 2. The molecule has 0 bridgehead atoms. The molecule has 3 N–H and O–H groups in total. The molecule has 2 atom stereocenters. The van der Waals surface area contributed by atoms with E-state index >= 15 is 0 Å². The molecule has 1 aliphatic carbocycles. The Hall–Kier alpha value is -0.780. The highest BCUT2D eigenvalue weighted by molar-refractivity contribution is 9.10. The topological polar surface area (TPSA) is 61.4 Å². The van der Waals surface area contributed by atoms with Gasteiger partial charge >= 0.3 is 6.03 Å². The summed E-state index contributed by atoms with van der Waals surface area (Å²) in [6, 6.07) is 4.96. The highest BCUT2D eigenvalue weighted by Crippen LogP contribution is 2.26. The third-order valence-electron chi connectivity index (χ3n) is 3.32. The summed E-state index contributed by atoms with van der Waals surface area (Å²) in [6.45, 7) is 0.487. The predicted octanol–water partition coefficient (Wildman–Crippen LogP) is 3.39. The highest BCUT2D eigenvalue weighted by Gasteiger charge is 2.25. The monoisotopic (exact) mass is 346 g/mol. The SMILES string of the molecule is O=C(NCC1CCCC1O)Nc1ccc(Br)cc1Cl. The summed E-state index contributed by atoms with van der Waals surface area (Å²) in [6.07, 6.45) is 2.51. The highest BCUT2D eigenvalue weighted by atomic mass is 79.9. The molecule has 0 spiro atoms. The number of anilines is 1. The molecule has 0 radical (unpaired) electrons. The number of aliphatic hydroxyl groups excluding tert-OH is 1. The van der Waals surface area contributed by atoms with Crippen LogP contribution in [0.2, 0.25) is 5.02 Å². The van der Waals surface area contributed by atoms with Crippen molar-refractivity contribution in [1.82, 2.24) is 5.32 Å². The maximum atomic E-state index is 11.7. The quantitative estimate of drug-likeness (QED) is 0.785. The Kier molecular flexibility index (Phi) is 5.07. The van der Waals surface area contributed by atoms with E-state index in [2.05, 4.69) is 26.6 Å². The predicted molar refractivity (Wildman–Crippen MR) is 79.5 cm³/mol. The average Bonchev–Trinajstić information content (AvgIpc) is 2.76. The van der Waals surface area contributed by atoms with E-state index in [1.54, 1.807) is 12.1 Å². The summed E-state index contributed by atoms with van der Waals surface area (Å²) in [5.74, 6) is 0.158. The maximum absolute atomic E-state index is 11.7. The normalized spacial score (nSPS) is 22.3. The number of carbonyl (C=O) groups is 1. The van der Waals surface area contributed by atoms with Crippen LogP contribution in [0.15, 0.2) is 22.7 Å². The van der Waals surface area contributed by atoms with Crippen LogP contribution in [0.5, 0.6) is 0 Å². The van der Waals surface area contributed by atoms with Crippen molar-refractivity contribution in [2.45, 2.75) is 25.4 Å². The van der Waals surface area contributed by atoms with Gasteiger partial charge in [0, 0.05) is 16.9 Å². The van der Waals surface area contributed by atoms with Crippen LogP contribution in [-0.4, -0.2) is 23.8 Å². The van der Waals surface area contributed by atoms with Gasteiger partial charge in [0.2, 0.25) is 0 Å². The Balaban J connectivity index is 1.84. The van der Waals surface area contributed by atoms with Crippen LogP contribution in [0.25, 0.3) is 0 Å². The first kappa shape index (κ1) is 14.6. The number of halogens is 2. The molecule has 1 saturated carbocycles. The Morgan fingerprint density at radius 1 is 1.47 bits per heavy atom. The van der Waals surface area contributed by atoms with Gasteiger partial charge in [0.15, 0.2) is 0 Å². The van der Waals surface area contributed by atoms with Gasteiger partial charge in [-0.2, -0.15) is 0 Å². The van der Waals surface area contributed by atoms with Crippen LogP contribution in [0, 0.1) is 5.92 Å². The van der Waals surface area contributed by atoms with E-state index in [4.69, 9.17) is 11.6 Å². The van der Waals surface area contributed by atoms with Gasteiger partial charge in [0.1, 0.15) is 0 Å². The van der Waals surface area contributed by atoms with E-state index in [1.165, 1.54) is 0 Å². The molecule has 2 amide bonds. The van der Waals surface area contributed by atoms with Crippen LogP contribution in [0.3, 0.4) is 0 Å². The molecule has 2 rings (SSSR count). The number of urea groups is 1. The zero-order valence-corrected chi connectivity index (χ0v) is 12.7. The molecule has 2 unspecified atom stereocenters. The first-order valence-electron chi connectivity index (χ1n) is 6.24.